The molecule has 3 aromatic rings. The molecule has 8 nitrogen and oxygen atoms in total. The van der Waals surface area contributed by atoms with Crippen molar-refractivity contribution in [3.05, 3.63) is 49.4 Å². The molecular formula is C17H19ClFN5O3. The molecule has 1 N–H and O–H groups in total. The van der Waals surface area contributed by atoms with Crippen LogP contribution in [0.4, 0.5) is 10.3 Å². The molecule has 0 saturated carbocycles. The van der Waals surface area contributed by atoms with E-state index >= 15 is 0 Å². The van der Waals surface area contributed by atoms with E-state index in [4.69, 9.17) is 16.3 Å². The van der Waals surface area contributed by atoms with Crippen LogP contribution in [-0.2, 0) is 27.2 Å². The highest BCUT2D eigenvalue weighted by Gasteiger charge is 2.19. The summed E-state index contributed by atoms with van der Waals surface area (Å²) in [6, 6.07) is 2.98. The van der Waals surface area contributed by atoms with Gasteiger partial charge in [0.2, 0.25) is 5.95 Å². The lowest BCUT2D eigenvalue weighted by Gasteiger charge is -2.11. The number of methoxy groups -OCH3 is 1. The summed E-state index contributed by atoms with van der Waals surface area (Å²) in [7, 11) is 4.56. The number of fused-ring (bicyclic) bond motifs is 1. The zero-order valence-corrected chi connectivity index (χ0v) is 16.1. The number of aromatic nitrogens is 4. The first-order valence-corrected chi connectivity index (χ1v) is 8.60. The molecule has 0 atom stereocenters. The normalized spacial score (nSPS) is 11.2. The van der Waals surface area contributed by atoms with Crippen molar-refractivity contribution in [1.82, 2.24) is 18.7 Å². The molecule has 1 aromatic carbocycles. The van der Waals surface area contributed by atoms with Crippen LogP contribution in [0.5, 0.6) is 5.75 Å². The van der Waals surface area contributed by atoms with Crippen LogP contribution in [0.3, 0.4) is 0 Å². The zero-order chi connectivity index (χ0) is 19.9. The Hall–Kier alpha value is -2.81. The lowest BCUT2D eigenvalue weighted by atomic mass is 10.2. The minimum atomic E-state index is -0.572. The first kappa shape index (κ1) is 19.0. The van der Waals surface area contributed by atoms with E-state index in [1.54, 1.807) is 27.1 Å². The fraction of sp³-hybridized carbons (Fsp3) is 0.353. The Morgan fingerprint density at radius 2 is 1.96 bits per heavy atom. The molecule has 10 heteroatoms. The monoisotopic (exact) mass is 395 g/mol. The van der Waals surface area contributed by atoms with Crippen molar-refractivity contribution < 1.29 is 9.13 Å². The highest BCUT2D eigenvalue weighted by molar-refractivity contribution is 6.31. The molecule has 144 valence electrons. The molecule has 0 saturated heterocycles. The number of benzene rings is 1. The van der Waals surface area contributed by atoms with Gasteiger partial charge in [0.15, 0.2) is 22.7 Å². The van der Waals surface area contributed by atoms with Crippen LogP contribution in [0.15, 0.2) is 21.7 Å². The van der Waals surface area contributed by atoms with E-state index in [-0.39, 0.29) is 40.6 Å². The third-order valence-electron chi connectivity index (χ3n) is 4.47. The Morgan fingerprint density at radius 1 is 1.26 bits per heavy atom. The molecule has 0 fully saturated rings. The second kappa shape index (κ2) is 7.07. The number of nitrogens with one attached hydrogen (secondary N) is 1. The summed E-state index contributed by atoms with van der Waals surface area (Å²) in [6.45, 7) is 1.99. The maximum atomic E-state index is 14.4. The topological polar surface area (TPSA) is 83.1 Å². The average molecular weight is 396 g/mol. The summed E-state index contributed by atoms with van der Waals surface area (Å²) >= 11 is 6.09. The number of ether oxygens (including phenoxy) is 1. The van der Waals surface area contributed by atoms with E-state index in [1.807, 2.05) is 0 Å². The summed E-state index contributed by atoms with van der Waals surface area (Å²) in [6.07, 6.45) is 0. The van der Waals surface area contributed by atoms with Gasteiger partial charge in [0.1, 0.15) is 0 Å². The molecule has 2 heterocycles. The molecule has 27 heavy (non-hydrogen) atoms. The quantitative estimate of drug-likeness (QED) is 0.713. The summed E-state index contributed by atoms with van der Waals surface area (Å²) in [5.74, 6) is -0.185. The fourth-order valence-corrected chi connectivity index (χ4v) is 3.16. The first-order valence-electron chi connectivity index (χ1n) is 8.22. The van der Waals surface area contributed by atoms with E-state index in [0.29, 0.717) is 5.95 Å². The van der Waals surface area contributed by atoms with E-state index in [2.05, 4.69) is 10.3 Å². The fourth-order valence-electron chi connectivity index (χ4n) is 2.94. The number of imidazole rings is 1. The van der Waals surface area contributed by atoms with Gasteiger partial charge in [0.05, 0.1) is 7.11 Å². The first-order chi connectivity index (χ1) is 12.8. The highest BCUT2D eigenvalue weighted by atomic mass is 35.5. The van der Waals surface area contributed by atoms with E-state index in [1.165, 1.54) is 22.3 Å². The minimum Gasteiger partial charge on any atom is -0.494 e. The maximum absolute atomic E-state index is 14.4. The Bertz CT molecular complexity index is 1150. The van der Waals surface area contributed by atoms with Gasteiger partial charge >= 0.3 is 5.69 Å². The Kier molecular flexibility index (Phi) is 4.97. The van der Waals surface area contributed by atoms with E-state index in [0.717, 1.165) is 4.57 Å². The van der Waals surface area contributed by atoms with Crippen molar-refractivity contribution >= 4 is 28.7 Å². The van der Waals surface area contributed by atoms with Crippen molar-refractivity contribution in [1.29, 1.82) is 0 Å². The van der Waals surface area contributed by atoms with Crippen LogP contribution < -0.4 is 21.3 Å². The molecule has 0 bridgehead atoms. The Labute approximate surface area is 158 Å². The van der Waals surface area contributed by atoms with Gasteiger partial charge in [-0.15, -0.1) is 0 Å². The smallest absolute Gasteiger partial charge is 0.332 e. The predicted octanol–water partition coefficient (Wildman–Crippen LogP) is 1.87. The number of rotatable bonds is 5. The maximum Gasteiger partial charge on any atom is 0.332 e. The van der Waals surface area contributed by atoms with Crippen LogP contribution in [0.25, 0.3) is 11.2 Å². The van der Waals surface area contributed by atoms with Gasteiger partial charge in [-0.2, -0.15) is 4.98 Å². The second-order valence-electron chi connectivity index (χ2n) is 5.95. The van der Waals surface area contributed by atoms with Gasteiger partial charge in [0, 0.05) is 37.8 Å². The summed E-state index contributed by atoms with van der Waals surface area (Å²) in [5.41, 5.74) is -0.135. The van der Waals surface area contributed by atoms with Crippen LogP contribution in [-0.4, -0.2) is 25.8 Å². The molecular weight excluding hydrogens is 377 g/mol. The molecule has 0 aliphatic carbocycles. The molecule has 0 unspecified atom stereocenters. The SMILES string of the molecule is CCn1c(=O)c2c(nc(NCc3c(Cl)ccc(OC)c3F)n2C)n(C)c1=O. The molecule has 0 radical (unpaired) electrons. The van der Waals surface area contributed by atoms with Gasteiger partial charge in [-0.1, -0.05) is 11.6 Å². The third kappa shape index (κ3) is 2.97. The van der Waals surface area contributed by atoms with Gasteiger partial charge in [-0.05, 0) is 19.1 Å². The van der Waals surface area contributed by atoms with Crippen LogP contribution in [0.2, 0.25) is 5.02 Å². The van der Waals surface area contributed by atoms with E-state index < -0.39 is 17.1 Å². The standard InChI is InChI=1S/C17H19ClFN5O3/c1-5-24-15(25)13-14(23(3)17(24)26)21-16(22(13)2)20-8-9-10(18)6-7-11(27-4)12(9)19/h6-7H,5,8H2,1-4H3,(H,20,21). The molecule has 2 aromatic heterocycles. The highest BCUT2D eigenvalue weighted by Crippen LogP contribution is 2.28. The number of hydrogen-bond donors (Lipinski definition) is 1. The number of hydrogen-bond acceptors (Lipinski definition) is 5. The molecule has 0 aliphatic heterocycles. The second-order valence-corrected chi connectivity index (χ2v) is 6.36. The molecule has 3 rings (SSSR count). The largest absolute Gasteiger partial charge is 0.494 e. The summed E-state index contributed by atoms with van der Waals surface area (Å²) in [4.78, 5) is 29.2. The zero-order valence-electron chi connectivity index (χ0n) is 15.3. The van der Waals surface area contributed by atoms with Crippen molar-refractivity contribution in [3.8, 4) is 5.75 Å². The van der Waals surface area contributed by atoms with Gasteiger partial charge in [0.25, 0.3) is 5.56 Å². The summed E-state index contributed by atoms with van der Waals surface area (Å²) in [5, 5.41) is 3.21. The van der Waals surface area contributed by atoms with Crippen molar-refractivity contribution in [2.45, 2.75) is 20.0 Å². The van der Waals surface area contributed by atoms with E-state index in [9.17, 15) is 14.0 Å². The molecule has 0 aliphatic rings. The van der Waals surface area contributed by atoms with Crippen LogP contribution >= 0.6 is 11.6 Å². The lowest BCUT2D eigenvalue weighted by molar-refractivity contribution is 0.384. The minimum absolute atomic E-state index is 0.0228. The van der Waals surface area contributed by atoms with Gasteiger partial charge in [-0.25, -0.2) is 9.18 Å². The molecule has 0 spiro atoms. The van der Waals surface area contributed by atoms with Crippen LogP contribution in [0, 0.1) is 5.82 Å². The number of nitrogens with zero attached hydrogens (tertiary/aromatic N) is 4. The van der Waals surface area contributed by atoms with Crippen LogP contribution in [0.1, 0.15) is 12.5 Å². The Balaban J connectivity index is 2.07. The van der Waals surface area contributed by atoms with Crippen molar-refractivity contribution in [2.24, 2.45) is 14.1 Å². The number of halogens is 2. The summed E-state index contributed by atoms with van der Waals surface area (Å²) < 4.78 is 23.4. The Morgan fingerprint density at radius 3 is 2.59 bits per heavy atom. The van der Waals surface area contributed by atoms with Gasteiger partial charge < -0.3 is 14.6 Å². The number of aryl methyl sites for hydroxylation is 2. The molecule has 0 amide bonds. The number of anilines is 1. The van der Waals surface area contributed by atoms with Gasteiger partial charge in [-0.3, -0.25) is 13.9 Å². The average Bonchev–Trinajstić information content (AvgIpc) is 2.97. The van der Waals surface area contributed by atoms with Crippen molar-refractivity contribution in [3.63, 3.8) is 0 Å². The lowest BCUT2D eigenvalue weighted by Crippen LogP contribution is -2.39. The van der Waals surface area contributed by atoms with Crippen molar-refractivity contribution in [2.75, 3.05) is 12.4 Å². The predicted molar refractivity (Wildman–Crippen MR) is 101 cm³/mol. The third-order valence-corrected chi connectivity index (χ3v) is 4.82.